The molecule has 1 fully saturated rings. The van der Waals surface area contributed by atoms with Crippen molar-refractivity contribution in [2.75, 3.05) is 0 Å². The van der Waals surface area contributed by atoms with Gasteiger partial charge in [-0.2, -0.15) is 0 Å². The van der Waals surface area contributed by atoms with Crippen molar-refractivity contribution in [3.8, 4) is 0 Å². The third kappa shape index (κ3) is 7.26. The number of rotatable bonds is 9. The van der Waals surface area contributed by atoms with Crippen molar-refractivity contribution in [3.63, 3.8) is 0 Å². The lowest BCUT2D eigenvalue weighted by Gasteiger charge is -2.33. The fourth-order valence-electron chi connectivity index (χ4n) is 4.84. The monoisotopic (exact) mass is 550 g/mol. The third-order valence-corrected chi connectivity index (χ3v) is 7.26. The zero-order valence-corrected chi connectivity index (χ0v) is 21.9. The predicted molar refractivity (Wildman–Crippen MR) is 144 cm³/mol. The van der Waals surface area contributed by atoms with E-state index in [-0.39, 0.29) is 30.8 Å². The number of carbonyl (C=O) groups is 2. The Bertz CT molecular complexity index is 1160. The van der Waals surface area contributed by atoms with Gasteiger partial charge in [-0.15, -0.1) is 0 Å². The van der Waals surface area contributed by atoms with Gasteiger partial charge in [0.05, 0.1) is 6.42 Å². The van der Waals surface area contributed by atoms with Gasteiger partial charge in [0.15, 0.2) is 0 Å². The highest BCUT2D eigenvalue weighted by Gasteiger charge is 2.32. The molecule has 1 atom stereocenters. The number of halogens is 2. The van der Waals surface area contributed by atoms with Gasteiger partial charge in [-0.05, 0) is 47.7 Å². The maximum absolute atomic E-state index is 14.5. The van der Waals surface area contributed by atoms with Crippen LogP contribution in [-0.2, 0) is 29.0 Å². The van der Waals surface area contributed by atoms with E-state index in [1.807, 2.05) is 54.6 Å². The van der Waals surface area contributed by atoms with E-state index in [4.69, 9.17) is 0 Å². The van der Waals surface area contributed by atoms with Crippen molar-refractivity contribution < 1.29 is 14.0 Å². The standard InChI is InChI=1S/C30H32BrFN2O2/c31-25-14-9-12-23(18-25)21-34(29(35)20-24-13-7-8-17-27(24)32)28(19-22-10-3-1-4-11-22)30(36)33-26-15-5-2-6-16-26/h1,3-4,7-14,17-18,26,28H,2,5-6,15-16,19-21H2,(H,33,36)/t28-/m0/s1. The Morgan fingerprint density at radius 2 is 1.61 bits per heavy atom. The zero-order chi connectivity index (χ0) is 25.3. The van der Waals surface area contributed by atoms with Crippen LogP contribution in [0.25, 0.3) is 0 Å². The van der Waals surface area contributed by atoms with Crippen molar-refractivity contribution in [2.24, 2.45) is 0 Å². The molecule has 1 saturated carbocycles. The fourth-order valence-corrected chi connectivity index (χ4v) is 5.28. The second-order valence-corrected chi connectivity index (χ2v) is 10.4. The first-order valence-electron chi connectivity index (χ1n) is 12.6. The Morgan fingerprint density at radius 3 is 2.33 bits per heavy atom. The number of benzene rings is 3. The molecule has 0 aliphatic heterocycles. The van der Waals surface area contributed by atoms with Crippen molar-refractivity contribution >= 4 is 27.7 Å². The molecule has 4 nitrogen and oxygen atoms in total. The van der Waals surface area contributed by atoms with Gasteiger partial charge in [0, 0.05) is 23.5 Å². The van der Waals surface area contributed by atoms with Crippen LogP contribution < -0.4 is 5.32 Å². The Labute approximate surface area is 221 Å². The van der Waals surface area contributed by atoms with Gasteiger partial charge < -0.3 is 10.2 Å². The van der Waals surface area contributed by atoms with E-state index in [2.05, 4.69) is 21.2 Å². The summed E-state index contributed by atoms with van der Waals surface area (Å²) in [4.78, 5) is 29.1. The first-order chi connectivity index (χ1) is 17.5. The van der Waals surface area contributed by atoms with Gasteiger partial charge in [-0.25, -0.2) is 4.39 Å². The summed E-state index contributed by atoms with van der Waals surface area (Å²) in [6, 6.07) is 23.2. The molecular formula is C30H32BrFN2O2. The summed E-state index contributed by atoms with van der Waals surface area (Å²) in [5.74, 6) is -0.845. The van der Waals surface area contributed by atoms with E-state index in [0.29, 0.717) is 12.0 Å². The average Bonchev–Trinajstić information content (AvgIpc) is 2.88. The van der Waals surface area contributed by atoms with Crippen molar-refractivity contribution in [2.45, 2.75) is 63.6 Å². The predicted octanol–water partition coefficient (Wildman–Crippen LogP) is 6.22. The van der Waals surface area contributed by atoms with E-state index in [1.54, 1.807) is 23.1 Å². The molecule has 36 heavy (non-hydrogen) atoms. The van der Waals surface area contributed by atoms with Crippen LogP contribution in [0.2, 0.25) is 0 Å². The van der Waals surface area contributed by atoms with Gasteiger partial charge in [-0.3, -0.25) is 9.59 Å². The number of carbonyl (C=O) groups excluding carboxylic acids is 2. The SMILES string of the molecule is O=C(NC1CCCCC1)[C@H](Cc1ccccc1)N(Cc1cccc(Br)c1)C(=O)Cc1ccccc1F. The minimum atomic E-state index is -0.715. The maximum Gasteiger partial charge on any atom is 0.243 e. The Balaban J connectivity index is 1.66. The van der Waals surface area contributed by atoms with Gasteiger partial charge in [0.1, 0.15) is 11.9 Å². The van der Waals surface area contributed by atoms with Crippen molar-refractivity contribution in [1.29, 1.82) is 0 Å². The lowest BCUT2D eigenvalue weighted by atomic mass is 9.94. The van der Waals surface area contributed by atoms with Crippen LogP contribution in [-0.4, -0.2) is 28.8 Å². The topological polar surface area (TPSA) is 49.4 Å². The van der Waals surface area contributed by atoms with E-state index in [1.165, 1.54) is 12.5 Å². The van der Waals surface area contributed by atoms with Crippen LogP contribution in [0, 0.1) is 5.82 Å². The van der Waals surface area contributed by atoms with Crippen LogP contribution in [0.3, 0.4) is 0 Å². The van der Waals surface area contributed by atoms with E-state index < -0.39 is 11.9 Å². The summed E-state index contributed by atoms with van der Waals surface area (Å²) in [6.45, 7) is 0.252. The van der Waals surface area contributed by atoms with E-state index in [9.17, 15) is 14.0 Å². The van der Waals surface area contributed by atoms with Gasteiger partial charge in [0.25, 0.3) is 0 Å². The van der Waals surface area contributed by atoms with Crippen LogP contribution in [0.1, 0.15) is 48.8 Å². The normalized spacial score (nSPS) is 14.7. The highest BCUT2D eigenvalue weighted by atomic mass is 79.9. The average molecular weight is 552 g/mol. The van der Waals surface area contributed by atoms with Gasteiger partial charge in [-0.1, -0.05) is 95.9 Å². The second-order valence-electron chi connectivity index (χ2n) is 9.47. The lowest BCUT2D eigenvalue weighted by molar-refractivity contribution is -0.141. The number of amides is 2. The molecule has 6 heteroatoms. The second kappa shape index (κ2) is 12.8. The van der Waals surface area contributed by atoms with Gasteiger partial charge in [0.2, 0.25) is 11.8 Å². The van der Waals surface area contributed by atoms with Crippen LogP contribution in [0.15, 0.2) is 83.3 Å². The number of hydrogen-bond donors (Lipinski definition) is 1. The van der Waals surface area contributed by atoms with E-state index >= 15 is 0 Å². The molecule has 3 aromatic carbocycles. The van der Waals surface area contributed by atoms with Crippen LogP contribution >= 0.6 is 15.9 Å². The molecule has 0 saturated heterocycles. The number of nitrogens with one attached hydrogen (secondary N) is 1. The molecular weight excluding hydrogens is 519 g/mol. The largest absolute Gasteiger partial charge is 0.352 e. The smallest absolute Gasteiger partial charge is 0.243 e. The zero-order valence-electron chi connectivity index (χ0n) is 20.3. The summed E-state index contributed by atoms with van der Waals surface area (Å²) in [5.41, 5.74) is 2.20. The minimum Gasteiger partial charge on any atom is -0.352 e. The Morgan fingerprint density at radius 1 is 0.917 bits per heavy atom. The quantitative estimate of drug-likeness (QED) is 0.343. The molecule has 0 heterocycles. The Hall–Kier alpha value is -2.99. The molecule has 0 bridgehead atoms. The Kier molecular flexibility index (Phi) is 9.29. The summed E-state index contributed by atoms with van der Waals surface area (Å²) < 4.78 is 15.3. The molecule has 2 amide bonds. The highest BCUT2D eigenvalue weighted by Crippen LogP contribution is 2.22. The summed E-state index contributed by atoms with van der Waals surface area (Å²) in [7, 11) is 0. The molecule has 0 spiro atoms. The first-order valence-corrected chi connectivity index (χ1v) is 13.4. The third-order valence-electron chi connectivity index (χ3n) is 6.76. The van der Waals surface area contributed by atoms with Crippen molar-refractivity contribution in [3.05, 3.63) is 106 Å². The molecule has 0 radical (unpaired) electrons. The molecule has 3 aromatic rings. The first kappa shape index (κ1) is 26.1. The molecule has 188 valence electrons. The van der Waals surface area contributed by atoms with Crippen LogP contribution in [0.4, 0.5) is 4.39 Å². The molecule has 1 aliphatic carbocycles. The minimum absolute atomic E-state index is 0.108. The summed E-state index contributed by atoms with van der Waals surface area (Å²) in [5, 5.41) is 3.23. The lowest BCUT2D eigenvalue weighted by Crippen LogP contribution is -2.53. The number of hydrogen-bond acceptors (Lipinski definition) is 2. The van der Waals surface area contributed by atoms with Crippen molar-refractivity contribution in [1.82, 2.24) is 10.2 Å². The molecule has 0 aromatic heterocycles. The molecule has 1 aliphatic rings. The van der Waals surface area contributed by atoms with Gasteiger partial charge >= 0.3 is 0 Å². The molecule has 1 N–H and O–H groups in total. The van der Waals surface area contributed by atoms with E-state index in [0.717, 1.165) is 41.3 Å². The molecule has 0 unspecified atom stereocenters. The summed E-state index contributed by atoms with van der Waals surface area (Å²) in [6.07, 6.45) is 5.58. The fraction of sp³-hybridized carbons (Fsp3) is 0.333. The summed E-state index contributed by atoms with van der Waals surface area (Å²) >= 11 is 3.51. The van der Waals surface area contributed by atoms with Crippen LogP contribution in [0.5, 0.6) is 0 Å². The molecule has 4 rings (SSSR count). The maximum atomic E-state index is 14.5. The number of nitrogens with zero attached hydrogens (tertiary/aromatic N) is 1. The highest BCUT2D eigenvalue weighted by molar-refractivity contribution is 9.10.